The van der Waals surface area contributed by atoms with Crippen LogP contribution in [-0.2, 0) is 4.79 Å². The number of carbonyl (C=O) groups is 2. The standard InChI is InChI=1S/C15H21NO3S/c1-9(2)7-13(15(18)19)16-14(17)12-8-11(20-4)6-5-10(12)3/h5-6,8-9,13H,7H2,1-4H3,(H,16,17)(H,18,19)/t13-/m0/s1. The molecular formula is C15H21NO3S. The fourth-order valence-electron chi connectivity index (χ4n) is 1.90. The van der Waals surface area contributed by atoms with Crippen molar-refractivity contribution in [2.75, 3.05) is 6.26 Å². The molecule has 0 aliphatic heterocycles. The van der Waals surface area contributed by atoms with Gasteiger partial charge in [0.05, 0.1) is 0 Å². The first kappa shape index (κ1) is 16.6. The Bertz CT molecular complexity index is 500. The summed E-state index contributed by atoms with van der Waals surface area (Å²) < 4.78 is 0. The monoisotopic (exact) mass is 295 g/mol. The Kier molecular flexibility index (Phi) is 6.07. The Morgan fingerprint density at radius 2 is 2.00 bits per heavy atom. The molecule has 4 nitrogen and oxygen atoms in total. The number of benzene rings is 1. The number of rotatable bonds is 6. The Labute approximate surface area is 124 Å². The highest BCUT2D eigenvalue weighted by Crippen LogP contribution is 2.19. The third kappa shape index (κ3) is 4.56. The molecular weight excluding hydrogens is 274 g/mol. The Morgan fingerprint density at radius 1 is 1.35 bits per heavy atom. The summed E-state index contributed by atoms with van der Waals surface area (Å²) in [5.74, 6) is -1.12. The molecule has 0 radical (unpaired) electrons. The largest absolute Gasteiger partial charge is 0.480 e. The van der Waals surface area contributed by atoms with Crippen LogP contribution in [0.2, 0.25) is 0 Å². The van der Waals surface area contributed by atoms with Crippen molar-refractivity contribution < 1.29 is 14.7 Å². The van der Waals surface area contributed by atoms with Gasteiger partial charge in [0, 0.05) is 10.5 Å². The van der Waals surface area contributed by atoms with Crippen molar-refractivity contribution in [1.82, 2.24) is 5.32 Å². The van der Waals surface area contributed by atoms with Crippen molar-refractivity contribution in [3.63, 3.8) is 0 Å². The van der Waals surface area contributed by atoms with E-state index >= 15 is 0 Å². The molecule has 0 aliphatic carbocycles. The van der Waals surface area contributed by atoms with Crippen molar-refractivity contribution in [3.05, 3.63) is 29.3 Å². The zero-order valence-corrected chi connectivity index (χ0v) is 13.1. The fourth-order valence-corrected chi connectivity index (χ4v) is 2.34. The first-order valence-electron chi connectivity index (χ1n) is 6.53. The molecule has 1 atom stereocenters. The van der Waals surface area contributed by atoms with E-state index in [0.717, 1.165) is 10.5 Å². The fraction of sp³-hybridized carbons (Fsp3) is 0.467. The zero-order chi connectivity index (χ0) is 15.3. The second-order valence-electron chi connectivity index (χ2n) is 5.17. The molecule has 0 spiro atoms. The summed E-state index contributed by atoms with van der Waals surface area (Å²) in [6, 6.07) is 4.77. The Hall–Kier alpha value is -1.49. The number of amides is 1. The lowest BCUT2D eigenvalue weighted by Crippen LogP contribution is -2.41. The molecule has 1 amide bonds. The van der Waals surface area contributed by atoms with Crippen LogP contribution in [0, 0.1) is 12.8 Å². The van der Waals surface area contributed by atoms with Crippen LogP contribution >= 0.6 is 11.8 Å². The van der Waals surface area contributed by atoms with Gasteiger partial charge in [-0.25, -0.2) is 4.79 Å². The summed E-state index contributed by atoms with van der Waals surface area (Å²) in [5.41, 5.74) is 1.38. The molecule has 110 valence electrons. The molecule has 0 fully saturated rings. The highest BCUT2D eigenvalue weighted by molar-refractivity contribution is 7.98. The van der Waals surface area contributed by atoms with E-state index in [0.29, 0.717) is 12.0 Å². The van der Waals surface area contributed by atoms with E-state index in [1.54, 1.807) is 17.8 Å². The SMILES string of the molecule is CSc1ccc(C)c(C(=O)N[C@@H](CC(C)C)C(=O)O)c1. The number of aliphatic carboxylic acids is 1. The van der Waals surface area contributed by atoms with E-state index in [4.69, 9.17) is 5.11 Å². The first-order valence-corrected chi connectivity index (χ1v) is 7.76. The number of carbonyl (C=O) groups excluding carboxylic acids is 1. The van der Waals surface area contributed by atoms with Gasteiger partial charge in [-0.1, -0.05) is 19.9 Å². The molecule has 1 aromatic rings. The second kappa shape index (κ2) is 7.33. The maximum absolute atomic E-state index is 12.2. The van der Waals surface area contributed by atoms with Gasteiger partial charge in [0.1, 0.15) is 6.04 Å². The van der Waals surface area contributed by atoms with Gasteiger partial charge in [-0.2, -0.15) is 0 Å². The predicted octanol–water partition coefficient (Wildman–Crippen LogP) is 2.95. The van der Waals surface area contributed by atoms with Gasteiger partial charge < -0.3 is 10.4 Å². The summed E-state index contributed by atoms with van der Waals surface area (Å²) in [6.07, 6.45) is 2.35. The van der Waals surface area contributed by atoms with E-state index in [1.165, 1.54) is 0 Å². The highest BCUT2D eigenvalue weighted by Gasteiger charge is 2.22. The van der Waals surface area contributed by atoms with Crippen LogP contribution < -0.4 is 5.32 Å². The van der Waals surface area contributed by atoms with Gasteiger partial charge in [0.2, 0.25) is 0 Å². The number of hydrogen-bond acceptors (Lipinski definition) is 3. The molecule has 0 aromatic heterocycles. The van der Waals surface area contributed by atoms with Crippen LogP contribution in [0.3, 0.4) is 0 Å². The second-order valence-corrected chi connectivity index (χ2v) is 6.05. The van der Waals surface area contributed by atoms with E-state index in [2.05, 4.69) is 5.32 Å². The minimum absolute atomic E-state index is 0.204. The smallest absolute Gasteiger partial charge is 0.326 e. The summed E-state index contributed by atoms with van der Waals surface area (Å²) in [7, 11) is 0. The summed E-state index contributed by atoms with van der Waals surface area (Å²) in [4.78, 5) is 24.4. The molecule has 0 heterocycles. The number of nitrogens with one attached hydrogen (secondary N) is 1. The van der Waals surface area contributed by atoms with E-state index in [9.17, 15) is 9.59 Å². The minimum atomic E-state index is -0.995. The van der Waals surface area contributed by atoms with Crippen LogP contribution in [0.25, 0.3) is 0 Å². The molecule has 0 unspecified atom stereocenters. The molecule has 20 heavy (non-hydrogen) atoms. The lowest BCUT2D eigenvalue weighted by molar-refractivity contribution is -0.139. The lowest BCUT2D eigenvalue weighted by Gasteiger charge is -2.17. The number of carboxylic acid groups (broad SMARTS) is 1. The Morgan fingerprint density at radius 3 is 2.50 bits per heavy atom. The van der Waals surface area contributed by atoms with E-state index in [-0.39, 0.29) is 11.8 Å². The van der Waals surface area contributed by atoms with E-state index in [1.807, 2.05) is 39.2 Å². The van der Waals surface area contributed by atoms with Crippen LogP contribution in [0.15, 0.2) is 23.1 Å². The average Bonchev–Trinajstić information content (AvgIpc) is 2.37. The van der Waals surface area contributed by atoms with Crippen LogP contribution in [-0.4, -0.2) is 29.3 Å². The average molecular weight is 295 g/mol. The molecule has 0 bridgehead atoms. The minimum Gasteiger partial charge on any atom is -0.480 e. The quantitative estimate of drug-likeness (QED) is 0.792. The molecule has 0 saturated heterocycles. The first-order chi connectivity index (χ1) is 9.35. The summed E-state index contributed by atoms with van der Waals surface area (Å²) in [6.45, 7) is 5.71. The molecule has 1 aromatic carbocycles. The van der Waals surface area contributed by atoms with Gasteiger partial charge in [-0.05, 0) is 43.2 Å². The normalized spacial score (nSPS) is 12.2. The third-order valence-corrected chi connectivity index (χ3v) is 3.73. The predicted molar refractivity (Wildman–Crippen MR) is 81.3 cm³/mol. The Balaban J connectivity index is 2.91. The van der Waals surface area contributed by atoms with Gasteiger partial charge in [0.15, 0.2) is 0 Å². The lowest BCUT2D eigenvalue weighted by atomic mass is 10.0. The summed E-state index contributed by atoms with van der Waals surface area (Å²) in [5, 5.41) is 11.8. The van der Waals surface area contributed by atoms with E-state index < -0.39 is 12.0 Å². The topological polar surface area (TPSA) is 66.4 Å². The molecule has 2 N–H and O–H groups in total. The maximum Gasteiger partial charge on any atom is 0.326 e. The van der Waals surface area contributed by atoms with Gasteiger partial charge >= 0.3 is 5.97 Å². The maximum atomic E-state index is 12.2. The molecule has 1 rings (SSSR count). The van der Waals surface area contributed by atoms with Crippen molar-refractivity contribution in [2.45, 2.75) is 38.1 Å². The number of carboxylic acids is 1. The molecule has 0 saturated carbocycles. The van der Waals surface area contributed by atoms with Crippen LogP contribution in [0.4, 0.5) is 0 Å². The van der Waals surface area contributed by atoms with Gasteiger partial charge in [-0.15, -0.1) is 11.8 Å². The van der Waals surface area contributed by atoms with Crippen molar-refractivity contribution in [2.24, 2.45) is 5.92 Å². The van der Waals surface area contributed by atoms with Crippen LogP contribution in [0.5, 0.6) is 0 Å². The zero-order valence-electron chi connectivity index (χ0n) is 12.3. The van der Waals surface area contributed by atoms with Crippen molar-refractivity contribution in [1.29, 1.82) is 0 Å². The number of thioether (sulfide) groups is 1. The molecule has 0 aliphatic rings. The van der Waals surface area contributed by atoms with Crippen molar-refractivity contribution >= 4 is 23.6 Å². The van der Waals surface area contributed by atoms with Gasteiger partial charge in [0.25, 0.3) is 5.91 Å². The van der Waals surface area contributed by atoms with Crippen LogP contribution in [0.1, 0.15) is 36.2 Å². The summed E-state index contributed by atoms with van der Waals surface area (Å²) >= 11 is 1.55. The molecule has 5 heteroatoms. The van der Waals surface area contributed by atoms with Crippen molar-refractivity contribution in [3.8, 4) is 0 Å². The highest BCUT2D eigenvalue weighted by atomic mass is 32.2. The van der Waals surface area contributed by atoms with Gasteiger partial charge in [-0.3, -0.25) is 4.79 Å². The third-order valence-electron chi connectivity index (χ3n) is 3.00. The number of hydrogen-bond donors (Lipinski definition) is 2. The number of aryl methyl sites for hydroxylation is 1.